The lowest BCUT2D eigenvalue weighted by Gasteiger charge is -2.21. The highest BCUT2D eigenvalue weighted by Gasteiger charge is 2.29. The first-order valence-electron chi connectivity index (χ1n) is 3.89. The molecule has 74 valence electrons. The van der Waals surface area contributed by atoms with Crippen LogP contribution in [0, 0.1) is 0 Å². The van der Waals surface area contributed by atoms with Crippen LogP contribution in [0.4, 0.5) is 13.2 Å². The molecule has 5 heteroatoms. The van der Waals surface area contributed by atoms with E-state index in [2.05, 4.69) is 12.6 Å². The van der Waals surface area contributed by atoms with Crippen molar-refractivity contribution in [3.63, 3.8) is 0 Å². The second kappa shape index (κ2) is 5.70. The molecule has 0 aromatic rings. The molecule has 0 atom stereocenters. The fourth-order valence-electron chi connectivity index (χ4n) is 0.981. The summed E-state index contributed by atoms with van der Waals surface area (Å²) in [5, 5.41) is 0. The summed E-state index contributed by atoms with van der Waals surface area (Å²) >= 11 is 3.89. The summed E-state index contributed by atoms with van der Waals surface area (Å²) in [4.78, 5) is 1.37. The Morgan fingerprint density at radius 2 is 1.83 bits per heavy atom. The van der Waals surface area contributed by atoms with Crippen LogP contribution in [0.15, 0.2) is 0 Å². The molecular formula is C7H14F3NS. The molecule has 0 unspecified atom stereocenters. The fourth-order valence-corrected chi connectivity index (χ4v) is 1.26. The number of halogens is 3. The smallest absolute Gasteiger partial charge is 0.294 e. The standard InChI is InChI=1S/C7H14F3NS/c1-2-3-11(4-5-12)6-7(8,9)10/h12H,2-6H2,1H3. The average molecular weight is 201 g/mol. The maximum Gasteiger partial charge on any atom is 0.401 e. The van der Waals surface area contributed by atoms with Crippen LogP contribution in [0.3, 0.4) is 0 Å². The Kier molecular flexibility index (Phi) is 5.74. The molecule has 0 aromatic heterocycles. The van der Waals surface area contributed by atoms with Crippen molar-refractivity contribution in [1.29, 1.82) is 0 Å². The number of hydrogen-bond donors (Lipinski definition) is 1. The molecule has 0 aromatic carbocycles. The Labute approximate surface area is 76.3 Å². The van der Waals surface area contributed by atoms with E-state index in [1.807, 2.05) is 6.92 Å². The molecule has 0 radical (unpaired) electrons. The minimum Gasteiger partial charge on any atom is -0.294 e. The first-order chi connectivity index (χ1) is 5.49. The van der Waals surface area contributed by atoms with Gasteiger partial charge >= 0.3 is 6.18 Å². The predicted molar refractivity (Wildman–Crippen MR) is 46.6 cm³/mol. The molecule has 0 bridgehead atoms. The Morgan fingerprint density at radius 1 is 1.25 bits per heavy atom. The molecule has 0 rings (SSSR count). The van der Waals surface area contributed by atoms with Crippen molar-refractivity contribution in [3.05, 3.63) is 0 Å². The summed E-state index contributed by atoms with van der Waals surface area (Å²) in [5.41, 5.74) is 0. The zero-order valence-corrected chi connectivity index (χ0v) is 7.96. The zero-order valence-electron chi connectivity index (χ0n) is 7.06. The van der Waals surface area contributed by atoms with Crippen LogP contribution >= 0.6 is 12.6 Å². The van der Waals surface area contributed by atoms with Gasteiger partial charge in [-0.3, -0.25) is 4.90 Å². The van der Waals surface area contributed by atoms with Crippen LogP contribution in [-0.4, -0.2) is 36.5 Å². The van der Waals surface area contributed by atoms with E-state index in [-0.39, 0.29) is 0 Å². The van der Waals surface area contributed by atoms with Gasteiger partial charge in [-0.2, -0.15) is 25.8 Å². The molecule has 12 heavy (non-hydrogen) atoms. The minimum absolute atomic E-state index is 0.399. The highest BCUT2D eigenvalue weighted by molar-refractivity contribution is 7.80. The molecule has 0 aliphatic rings. The van der Waals surface area contributed by atoms with Gasteiger partial charge < -0.3 is 0 Å². The molecule has 0 fully saturated rings. The van der Waals surface area contributed by atoms with E-state index in [0.717, 1.165) is 6.42 Å². The average Bonchev–Trinajstić information content (AvgIpc) is 1.84. The van der Waals surface area contributed by atoms with Crippen molar-refractivity contribution in [2.75, 3.05) is 25.4 Å². The van der Waals surface area contributed by atoms with Crippen LogP contribution < -0.4 is 0 Å². The topological polar surface area (TPSA) is 3.24 Å². The van der Waals surface area contributed by atoms with Gasteiger partial charge in [0.25, 0.3) is 0 Å². The Bertz CT molecular complexity index is 110. The molecule has 0 spiro atoms. The first-order valence-corrected chi connectivity index (χ1v) is 4.52. The summed E-state index contributed by atoms with van der Waals surface area (Å²) in [5.74, 6) is 0.468. The lowest BCUT2D eigenvalue weighted by atomic mass is 10.4. The van der Waals surface area contributed by atoms with Crippen LogP contribution in [0.5, 0.6) is 0 Å². The van der Waals surface area contributed by atoms with Crippen LogP contribution in [0.2, 0.25) is 0 Å². The van der Waals surface area contributed by atoms with Crippen molar-refractivity contribution in [2.45, 2.75) is 19.5 Å². The maximum atomic E-state index is 11.9. The Morgan fingerprint density at radius 3 is 2.17 bits per heavy atom. The molecule has 0 aliphatic carbocycles. The number of alkyl halides is 3. The molecule has 0 saturated carbocycles. The largest absolute Gasteiger partial charge is 0.401 e. The Balaban J connectivity index is 3.77. The second-order valence-electron chi connectivity index (χ2n) is 2.61. The molecule has 0 heterocycles. The van der Waals surface area contributed by atoms with Gasteiger partial charge in [-0.05, 0) is 13.0 Å². The third-order valence-corrected chi connectivity index (χ3v) is 1.56. The molecule has 0 N–H and O–H groups in total. The van der Waals surface area contributed by atoms with Crippen molar-refractivity contribution in [2.24, 2.45) is 0 Å². The lowest BCUT2D eigenvalue weighted by molar-refractivity contribution is -0.145. The third-order valence-electron chi connectivity index (χ3n) is 1.36. The van der Waals surface area contributed by atoms with Gasteiger partial charge in [0.2, 0.25) is 0 Å². The van der Waals surface area contributed by atoms with E-state index in [4.69, 9.17) is 0 Å². The SMILES string of the molecule is CCCN(CCS)CC(F)(F)F. The molecule has 0 amide bonds. The van der Waals surface area contributed by atoms with Crippen LogP contribution in [0.1, 0.15) is 13.3 Å². The lowest BCUT2D eigenvalue weighted by Crippen LogP contribution is -2.36. The summed E-state index contributed by atoms with van der Waals surface area (Å²) in [6.45, 7) is 1.93. The van der Waals surface area contributed by atoms with Crippen molar-refractivity contribution in [1.82, 2.24) is 4.90 Å². The summed E-state index contributed by atoms with van der Waals surface area (Å²) in [6, 6.07) is 0. The van der Waals surface area contributed by atoms with E-state index in [0.29, 0.717) is 18.8 Å². The van der Waals surface area contributed by atoms with Gasteiger partial charge in [-0.15, -0.1) is 0 Å². The van der Waals surface area contributed by atoms with E-state index >= 15 is 0 Å². The number of rotatable bonds is 5. The van der Waals surface area contributed by atoms with Gasteiger partial charge in [0.05, 0.1) is 6.54 Å². The van der Waals surface area contributed by atoms with Gasteiger partial charge in [-0.1, -0.05) is 6.92 Å². The maximum absolute atomic E-state index is 11.9. The number of thiol groups is 1. The monoisotopic (exact) mass is 201 g/mol. The summed E-state index contributed by atoms with van der Waals surface area (Å²) in [7, 11) is 0. The molecular weight excluding hydrogens is 187 g/mol. The quantitative estimate of drug-likeness (QED) is 0.667. The minimum atomic E-state index is -4.09. The number of nitrogens with zero attached hydrogens (tertiary/aromatic N) is 1. The van der Waals surface area contributed by atoms with E-state index in [9.17, 15) is 13.2 Å². The summed E-state index contributed by atoms with van der Waals surface area (Å²) < 4.78 is 35.7. The molecule has 0 saturated heterocycles. The molecule has 0 aliphatic heterocycles. The van der Waals surface area contributed by atoms with Crippen molar-refractivity contribution >= 4 is 12.6 Å². The molecule has 1 nitrogen and oxygen atoms in total. The van der Waals surface area contributed by atoms with Crippen LogP contribution in [0.25, 0.3) is 0 Å². The van der Waals surface area contributed by atoms with E-state index in [1.54, 1.807) is 0 Å². The highest BCUT2D eigenvalue weighted by Crippen LogP contribution is 2.16. The zero-order chi connectivity index (χ0) is 9.61. The third kappa shape index (κ3) is 6.79. The normalized spacial score (nSPS) is 12.5. The highest BCUT2D eigenvalue weighted by atomic mass is 32.1. The summed E-state index contributed by atoms with van der Waals surface area (Å²) in [6.07, 6.45) is -3.35. The van der Waals surface area contributed by atoms with E-state index in [1.165, 1.54) is 4.90 Å². The second-order valence-corrected chi connectivity index (χ2v) is 3.06. The van der Waals surface area contributed by atoms with Crippen molar-refractivity contribution in [3.8, 4) is 0 Å². The van der Waals surface area contributed by atoms with Gasteiger partial charge in [0.1, 0.15) is 0 Å². The number of hydrogen-bond acceptors (Lipinski definition) is 2. The predicted octanol–water partition coefficient (Wildman–Crippen LogP) is 2.19. The first kappa shape index (κ1) is 12.1. The van der Waals surface area contributed by atoms with Crippen molar-refractivity contribution < 1.29 is 13.2 Å². The van der Waals surface area contributed by atoms with Gasteiger partial charge in [0.15, 0.2) is 0 Å². The van der Waals surface area contributed by atoms with Crippen LogP contribution in [-0.2, 0) is 0 Å². The Hall–Kier alpha value is 0.100. The fraction of sp³-hybridized carbons (Fsp3) is 1.00. The van der Waals surface area contributed by atoms with E-state index < -0.39 is 12.7 Å². The van der Waals surface area contributed by atoms with Gasteiger partial charge in [0, 0.05) is 12.3 Å². The van der Waals surface area contributed by atoms with Gasteiger partial charge in [-0.25, -0.2) is 0 Å².